The van der Waals surface area contributed by atoms with E-state index < -0.39 is 0 Å². The van der Waals surface area contributed by atoms with Crippen molar-refractivity contribution in [3.63, 3.8) is 0 Å². The number of rotatable bonds is 5. The van der Waals surface area contributed by atoms with Gasteiger partial charge in [-0.3, -0.25) is 0 Å². The van der Waals surface area contributed by atoms with Gasteiger partial charge in [0.15, 0.2) is 0 Å². The van der Waals surface area contributed by atoms with E-state index in [1.54, 1.807) is 0 Å². The number of hydrogen-bond acceptors (Lipinski definition) is 4. The van der Waals surface area contributed by atoms with Gasteiger partial charge in [0.25, 0.3) is 0 Å². The van der Waals surface area contributed by atoms with E-state index in [0.717, 1.165) is 17.9 Å². The van der Waals surface area contributed by atoms with Crippen LogP contribution >= 0.6 is 12.4 Å². The molecule has 1 saturated heterocycles. The highest BCUT2D eigenvalue weighted by atomic mass is 35.5. The third-order valence-corrected chi connectivity index (χ3v) is 6.74. The highest BCUT2D eigenvalue weighted by molar-refractivity contribution is 6.47. The van der Waals surface area contributed by atoms with E-state index >= 15 is 0 Å². The minimum absolute atomic E-state index is 0. The van der Waals surface area contributed by atoms with Crippen LogP contribution < -0.4 is 5.73 Å². The van der Waals surface area contributed by atoms with Crippen LogP contribution in [0.25, 0.3) is 0 Å². The molecule has 0 amide bonds. The summed E-state index contributed by atoms with van der Waals surface area (Å²) in [6, 6.07) is 10.1. The zero-order valence-corrected chi connectivity index (χ0v) is 16.1. The molecule has 4 nitrogen and oxygen atoms in total. The van der Waals surface area contributed by atoms with E-state index in [1.165, 1.54) is 6.42 Å². The van der Waals surface area contributed by atoms with E-state index in [-0.39, 0.29) is 37.2 Å². The van der Waals surface area contributed by atoms with Crippen molar-refractivity contribution in [2.24, 2.45) is 23.0 Å². The first kappa shape index (κ1) is 19.2. The lowest BCUT2D eigenvalue weighted by Gasteiger charge is -2.64. The van der Waals surface area contributed by atoms with Crippen molar-refractivity contribution in [2.75, 3.05) is 6.61 Å². The summed E-state index contributed by atoms with van der Waals surface area (Å²) in [5, 5.41) is 0. The van der Waals surface area contributed by atoms with E-state index in [0.29, 0.717) is 24.5 Å². The topological polar surface area (TPSA) is 53.7 Å². The first-order valence-electron chi connectivity index (χ1n) is 9.12. The van der Waals surface area contributed by atoms with Gasteiger partial charge in [-0.15, -0.1) is 12.4 Å². The van der Waals surface area contributed by atoms with Crippen molar-refractivity contribution < 1.29 is 14.0 Å². The lowest BCUT2D eigenvalue weighted by molar-refractivity contribution is -0.199. The van der Waals surface area contributed by atoms with Crippen LogP contribution in [0.1, 0.15) is 39.2 Å². The Bertz CT molecular complexity index is 602. The molecule has 138 valence electrons. The second kappa shape index (κ2) is 6.86. The van der Waals surface area contributed by atoms with Crippen LogP contribution in [0, 0.1) is 17.3 Å². The Labute approximate surface area is 157 Å². The highest BCUT2D eigenvalue weighted by Crippen LogP contribution is 2.65. The van der Waals surface area contributed by atoms with Gasteiger partial charge in [0.1, 0.15) is 0 Å². The first-order chi connectivity index (χ1) is 11.4. The zero-order valence-electron chi connectivity index (χ0n) is 15.3. The Balaban J connectivity index is 0.00000182. The maximum absolute atomic E-state index is 6.38. The summed E-state index contributed by atoms with van der Waals surface area (Å²) in [6.07, 6.45) is 2.53. The average molecular weight is 366 g/mol. The molecule has 1 aromatic rings. The lowest BCUT2D eigenvalue weighted by Crippen LogP contribution is -2.65. The molecule has 2 bridgehead atoms. The third-order valence-electron chi connectivity index (χ3n) is 6.74. The Morgan fingerprint density at radius 3 is 2.64 bits per heavy atom. The predicted molar refractivity (Wildman–Crippen MR) is 101 cm³/mol. The summed E-state index contributed by atoms with van der Waals surface area (Å²) in [6.45, 7) is 7.97. The minimum Gasteiger partial charge on any atom is -0.404 e. The Morgan fingerprint density at radius 2 is 1.96 bits per heavy atom. The second-order valence-electron chi connectivity index (χ2n) is 8.50. The van der Waals surface area contributed by atoms with E-state index in [9.17, 15) is 0 Å². The van der Waals surface area contributed by atoms with Gasteiger partial charge in [0, 0.05) is 0 Å². The lowest BCUT2D eigenvalue weighted by atomic mass is 9.43. The molecule has 0 radical (unpaired) electrons. The van der Waals surface area contributed by atoms with Crippen LogP contribution in [0.2, 0.25) is 0 Å². The van der Waals surface area contributed by atoms with Gasteiger partial charge in [-0.2, -0.15) is 0 Å². The Kier molecular flexibility index (Phi) is 5.26. The maximum atomic E-state index is 6.38. The van der Waals surface area contributed by atoms with Gasteiger partial charge < -0.3 is 19.8 Å². The predicted octanol–water partition coefficient (Wildman–Crippen LogP) is 3.22. The molecule has 4 unspecified atom stereocenters. The standard InChI is InChI=1S/C19H28BNO3.ClH/c1-18(2)14-9-15(18)19(3)16(10-14)23-20(24-19)17(21)12-22-11-13-7-5-4-6-8-13;/h4-8,14-17H,9-12,21H2,1-3H3;1H/t14?,15?,16?,17?,19-;/m0./s1. The van der Waals surface area contributed by atoms with Gasteiger partial charge in [0.2, 0.25) is 0 Å². The molecule has 1 aliphatic heterocycles. The SMILES string of the molecule is CC1(C)C2CC3OB(C(N)COCc4ccccc4)O[C@@]3(C)C1C2.Cl. The second-order valence-corrected chi connectivity index (χ2v) is 8.50. The Morgan fingerprint density at radius 1 is 1.24 bits per heavy atom. The maximum Gasteiger partial charge on any atom is 0.478 e. The van der Waals surface area contributed by atoms with Crippen molar-refractivity contribution in [1.82, 2.24) is 0 Å². The van der Waals surface area contributed by atoms with Crippen molar-refractivity contribution in [3.8, 4) is 0 Å². The van der Waals surface area contributed by atoms with E-state index in [2.05, 4.69) is 32.9 Å². The molecule has 2 N–H and O–H groups in total. The third kappa shape index (κ3) is 3.15. The smallest absolute Gasteiger partial charge is 0.404 e. The average Bonchev–Trinajstić information content (AvgIpc) is 2.92. The molecule has 5 atom stereocenters. The van der Waals surface area contributed by atoms with E-state index in [4.69, 9.17) is 19.8 Å². The molecule has 4 fully saturated rings. The number of halogens is 1. The van der Waals surface area contributed by atoms with Crippen LogP contribution in [0.3, 0.4) is 0 Å². The molecule has 5 rings (SSSR count). The number of benzene rings is 1. The first-order valence-corrected chi connectivity index (χ1v) is 9.12. The molecule has 0 aromatic heterocycles. The van der Waals surface area contributed by atoms with Gasteiger partial charge in [-0.25, -0.2) is 0 Å². The van der Waals surface area contributed by atoms with Crippen molar-refractivity contribution in [2.45, 2.75) is 57.9 Å². The number of ether oxygens (including phenoxy) is 1. The highest BCUT2D eigenvalue weighted by Gasteiger charge is 2.68. The van der Waals surface area contributed by atoms with Crippen molar-refractivity contribution in [3.05, 3.63) is 35.9 Å². The zero-order chi connectivity index (χ0) is 16.9. The van der Waals surface area contributed by atoms with Crippen LogP contribution in [-0.2, 0) is 20.7 Å². The summed E-state index contributed by atoms with van der Waals surface area (Å²) in [5.74, 6) is 1.07. The van der Waals surface area contributed by atoms with Crippen LogP contribution in [0.4, 0.5) is 0 Å². The van der Waals surface area contributed by atoms with Crippen LogP contribution in [0.5, 0.6) is 0 Å². The quantitative estimate of drug-likeness (QED) is 0.814. The summed E-state index contributed by atoms with van der Waals surface area (Å²) in [5.41, 5.74) is 7.63. The molecular weight excluding hydrogens is 336 g/mol. The fourth-order valence-corrected chi connectivity index (χ4v) is 5.05. The summed E-state index contributed by atoms with van der Waals surface area (Å²) >= 11 is 0. The van der Waals surface area contributed by atoms with Crippen molar-refractivity contribution in [1.29, 1.82) is 0 Å². The molecule has 1 aromatic carbocycles. The summed E-state index contributed by atoms with van der Waals surface area (Å²) in [4.78, 5) is 0. The van der Waals surface area contributed by atoms with Gasteiger partial charge in [-0.1, -0.05) is 44.2 Å². The molecule has 25 heavy (non-hydrogen) atoms. The molecule has 3 saturated carbocycles. The van der Waals surface area contributed by atoms with Crippen LogP contribution in [-0.4, -0.2) is 31.4 Å². The largest absolute Gasteiger partial charge is 0.478 e. The number of nitrogens with two attached hydrogens (primary N) is 1. The summed E-state index contributed by atoms with van der Waals surface area (Å²) < 4.78 is 18.3. The van der Waals surface area contributed by atoms with Gasteiger partial charge in [-0.05, 0) is 42.6 Å². The van der Waals surface area contributed by atoms with Gasteiger partial charge in [0.05, 0.1) is 30.9 Å². The van der Waals surface area contributed by atoms with Gasteiger partial charge >= 0.3 is 7.12 Å². The molecule has 3 aliphatic carbocycles. The fraction of sp³-hybridized carbons (Fsp3) is 0.684. The van der Waals surface area contributed by atoms with E-state index in [1.807, 2.05) is 18.2 Å². The molecule has 0 spiro atoms. The monoisotopic (exact) mass is 365 g/mol. The molecular formula is C19H29BClNO3. The summed E-state index contributed by atoms with van der Waals surface area (Å²) in [7, 11) is -0.356. The normalized spacial score (nSPS) is 36.2. The minimum atomic E-state index is -0.356. The van der Waals surface area contributed by atoms with Crippen molar-refractivity contribution >= 4 is 19.5 Å². The Hall–Kier alpha value is -0.585. The molecule has 4 aliphatic rings. The van der Waals surface area contributed by atoms with Crippen LogP contribution in [0.15, 0.2) is 30.3 Å². The molecule has 6 heteroatoms. The molecule has 1 heterocycles. The number of hydrogen-bond donors (Lipinski definition) is 1. The fourth-order valence-electron chi connectivity index (χ4n) is 5.05.